The minimum Gasteiger partial charge on any atom is -0.385 e. The van der Waals surface area contributed by atoms with Gasteiger partial charge in [0, 0.05) is 25.4 Å². The van der Waals surface area contributed by atoms with Gasteiger partial charge in [0.2, 0.25) is 0 Å². The van der Waals surface area contributed by atoms with Crippen molar-refractivity contribution < 1.29 is 5.11 Å². The van der Waals surface area contributed by atoms with E-state index in [-0.39, 0.29) is 0 Å². The average Bonchev–Trinajstić information content (AvgIpc) is 2.83. The molecule has 2 rings (SSSR count). The van der Waals surface area contributed by atoms with Crippen LogP contribution in [0.15, 0.2) is 30.6 Å². The summed E-state index contributed by atoms with van der Waals surface area (Å²) < 4.78 is 1.97. The van der Waals surface area contributed by atoms with Crippen molar-refractivity contribution in [1.29, 1.82) is 0 Å². The highest BCUT2D eigenvalue weighted by atomic mass is 35.5. The molecule has 0 fully saturated rings. The fourth-order valence-electron chi connectivity index (χ4n) is 2.03. The molecule has 0 aliphatic heterocycles. The molecule has 1 N–H and O–H groups in total. The lowest BCUT2D eigenvalue weighted by Gasteiger charge is -2.13. The lowest BCUT2D eigenvalue weighted by atomic mass is 10.1. The maximum Gasteiger partial charge on any atom is 0.137 e. The van der Waals surface area contributed by atoms with Crippen LogP contribution in [-0.4, -0.2) is 14.7 Å². The molecule has 1 aromatic carbocycles. The third-order valence-corrected chi connectivity index (χ3v) is 3.66. The van der Waals surface area contributed by atoms with Gasteiger partial charge in [-0.2, -0.15) is 0 Å². The summed E-state index contributed by atoms with van der Waals surface area (Å²) in [6, 6.07) is 5.38. The van der Waals surface area contributed by atoms with Gasteiger partial charge in [-0.1, -0.05) is 36.2 Å². The van der Waals surface area contributed by atoms with Gasteiger partial charge in [-0.15, -0.1) is 0 Å². The van der Waals surface area contributed by atoms with Crippen molar-refractivity contribution in [2.24, 2.45) is 0 Å². The van der Waals surface area contributed by atoms with Crippen LogP contribution in [-0.2, 0) is 13.0 Å². The van der Waals surface area contributed by atoms with Crippen LogP contribution in [0.1, 0.15) is 30.8 Å². The summed E-state index contributed by atoms with van der Waals surface area (Å²) in [5.74, 6) is 0.688. The van der Waals surface area contributed by atoms with Crippen LogP contribution in [0.5, 0.6) is 0 Å². The molecule has 0 amide bonds. The molecule has 1 aromatic heterocycles. The van der Waals surface area contributed by atoms with Crippen molar-refractivity contribution >= 4 is 23.2 Å². The largest absolute Gasteiger partial charge is 0.385 e. The molecule has 0 saturated heterocycles. The normalized spacial score (nSPS) is 12.6. The first-order valence-electron chi connectivity index (χ1n) is 6.24. The molecule has 0 aliphatic rings. The van der Waals surface area contributed by atoms with Crippen molar-refractivity contribution in [3.05, 3.63) is 52.0 Å². The number of aliphatic hydroxyl groups excluding tert-OH is 1. The van der Waals surface area contributed by atoms with Gasteiger partial charge in [0.15, 0.2) is 0 Å². The highest BCUT2D eigenvalue weighted by Gasteiger charge is 2.14. The Bertz CT molecular complexity index is 554. The summed E-state index contributed by atoms with van der Waals surface area (Å²) >= 11 is 11.8. The molecule has 102 valence electrons. The van der Waals surface area contributed by atoms with E-state index >= 15 is 0 Å². The van der Waals surface area contributed by atoms with E-state index in [1.165, 1.54) is 0 Å². The summed E-state index contributed by atoms with van der Waals surface area (Å²) in [5, 5.41) is 11.3. The third-order valence-electron chi connectivity index (χ3n) is 2.92. The Balaban J connectivity index is 2.13. The number of hydrogen-bond acceptors (Lipinski definition) is 2. The third kappa shape index (κ3) is 3.50. The molecular formula is C14H16Cl2N2O. The smallest absolute Gasteiger partial charge is 0.137 e. The quantitative estimate of drug-likeness (QED) is 0.910. The second-order valence-corrected chi connectivity index (χ2v) is 5.26. The molecule has 0 spiro atoms. The summed E-state index contributed by atoms with van der Waals surface area (Å²) in [4.78, 5) is 4.22. The van der Waals surface area contributed by atoms with Crippen molar-refractivity contribution in [3.8, 4) is 0 Å². The number of aliphatic hydroxyl groups is 1. The van der Waals surface area contributed by atoms with Gasteiger partial charge in [0.25, 0.3) is 0 Å². The maximum atomic E-state index is 10.3. The van der Waals surface area contributed by atoms with Crippen LogP contribution in [0.4, 0.5) is 0 Å². The fraction of sp³-hybridized carbons (Fsp3) is 0.357. The number of hydrogen-bond donors (Lipinski definition) is 1. The van der Waals surface area contributed by atoms with Crippen molar-refractivity contribution in [3.63, 3.8) is 0 Å². The highest BCUT2D eigenvalue weighted by molar-refractivity contribution is 6.42. The second-order valence-electron chi connectivity index (χ2n) is 4.45. The maximum absolute atomic E-state index is 10.3. The number of aromatic nitrogens is 2. The lowest BCUT2D eigenvalue weighted by Crippen LogP contribution is -2.10. The van der Waals surface area contributed by atoms with Gasteiger partial charge in [-0.25, -0.2) is 4.98 Å². The average molecular weight is 299 g/mol. The first-order chi connectivity index (χ1) is 9.11. The summed E-state index contributed by atoms with van der Waals surface area (Å²) in [5.41, 5.74) is 0.938. The molecule has 19 heavy (non-hydrogen) atoms. The lowest BCUT2D eigenvalue weighted by molar-refractivity contribution is 0.163. The number of aryl methyl sites for hydroxylation is 1. The van der Waals surface area contributed by atoms with Crippen molar-refractivity contribution in [1.82, 2.24) is 9.55 Å². The molecule has 2 aromatic rings. The van der Waals surface area contributed by atoms with E-state index in [0.717, 1.165) is 18.5 Å². The van der Waals surface area contributed by atoms with Gasteiger partial charge in [-0.05, 0) is 24.1 Å². The number of halogens is 2. The molecule has 0 radical (unpaired) electrons. The summed E-state index contributed by atoms with van der Waals surface area (Å²) in [6.45, 7) is 2.95. The van der Waals surface area contributed by atoms with Gasteiger partial charge in [-0.3, -0.25) is 0 Å². The minimum atomic E-state index is -0.640. The van der Waals surface area contributed by atoms with Crippen LogP contribution in [0.2, 0.25) is 10.0 Å². The zero-order valence-corrected chi connectivity index (χ0v) is 12.2. The Labute approximate surface area is 122 Å². The Kier molecular flexibility index (Phi) is 4.86. The van der Waals surface area contributed by atoms with E-state index < -0.39 is 6.10 Å². The van der Waals surface area contributed by atoms with Gasteiger partial charge in [0.1, 0.15) is 11.9 Å². The first kappa shape index (κ1) is 14.4. The molecule has 1 atom stereocenters. The van der Waals surface area contributed by atoms with Crippen LogP contribution >= 0.6 is 23.2 Å². The fourth-order valence-corrected chi connectivity index (χ4v) is 2.35. The second kappa shape index (κ2) is 6.42. The van der Waals surface area contributed by atoms with Gasteiger partial charge < -0.3 is 9.67 Å². The van der Waals surface area contributed by atoms with E-state index in [1.807, 2.05) is 16.8 Å². The van der Waals surface area contributed by atoms with Crippen LogP contribution in [0.25, 0.3) is 0 Å². The van der Waals surface area contributed by atoms with Crippen LogP contribution < -0.4 is 0 Å². The first-order valence-corrected chi connectivity index (χ1v) is 7.00. The van der Waals surface area contributed by atoms with Crippen molar-refractivity contribution in [2.75, 3.05) is 0 Å². The Morgan fingerprint density at radius 1 is 1.32 bits per heavy atom. The standard InChI is InChI=1S/C14H16Cl2N2O/c1-2-6-18-7-5-17-14(18)13(19)9-10-3-4-11(15)12(16)8-10/h3-5,7-8,13,19H,2,6,9H2,1H3. The van der Waals surface area contributed by atoms with E-state index in [4.69, 9.17) is 23.2 Å². The van der Waals surface area contributed by atoms with Crippen LogP contribution in [0, 0.1) is 0 Å². The molecule has 3 nitrogen and oxygen atoms in total. The Morgan fingerprint density at radius 3 is 2.79 bits per heavy atom. The van der Waals surface area contributed by atoms with Gasteiger partial charge >= 0.3 is 0 Å². The zero-order valence-electron chi connectivity index (χ0n) is 10.7. The number of benzene rings is 1. The number of imidazole rings is 1. The molecule has 0 aliphatic carbocycles. The van der Waals surface area contributed by atoms with E-state index in [2.05, 4.69) is 11.9 Å². The molecule has 0 bridgehead atoms. The Morgan fingerprint density at radius 2 is 2.11 bits per heavy atom. The molecule has 5 heteroatoms. The van der Waals surface area contributed by atoms with Crippen LogP contribution in [0.3, 0.4) is 0 Å². The monoisotopic (exact) mass is 298 g/mol. The van der Waals surface area contributed by atoms with E-state index in [1.54, 1.807) is 18.3 Å². The summed E-state index contributed by atoms with van der Waals surface area (Å²) in [6.07, 6.45) is 4.43. The zero-order chi connectivity index (χ0) is 13.8. The van der Waals surface area contributed by atoms with E-state index in [9.17, 15) is 5.11 Å². The van der Waals surface area contributed by atoms with Crippen molar-refractivity contribution in [2.45, 2.75) is 32.4 Å². The highest BCUT2D eigenvalue weighted by Crippen LogP contribution is 2.25. The Hall–Kier alpha value is -1.03. The summed E-state index contributed by atoms with van der Waals surface area (Å²) in [7, 11) is 0. The topological polar surface area (TPSA) is 38.0 Å². The molecule has 1 unspecified atom stereocenters. The van der Waals surface area contributed by atoms with Gasteiger partial charge in [0.05, 0.1) is 10.0 Å². The number of rotatable bonds is 5. The molecule has 1 heterocycles. The predicted molar refractivity (Wildman–Crippen MR) is 77.6 cm³/mol. The molecular weight excluding hydrogens is 283 g/mol. The van der Waals surface area contributed by atoms with E-state index in [0.29, 0.717) is 22.3 Å². The molecule has 0 saturated carbocycles. The minimum absolute atomic E-state index is 0.470. The SMILES string of the molecule is CCCn1ccnc1C(O)Cc1ccc(Cl)c(Cl)c1. The number of nitrogens with zero attached hydrogens (tertiary/aromatic N) is 2. The predicted octanol–water partition coefficient (Wildman–Crippen LogP) is 3.88.